The highest BCUT2D eigenvalue weighted by Gasteiger charge is 2.17. The van der Waals surface area contributed by atoms with Crippen LogP contribution in [0.4, 0.5) is 8.78 Å². The van der Waals surface area contributed by atoms with Gasteiger partial charge in [0.2, 0.25) is 11.4 Å². The van der Waals surface area contributed by atoms with Crippen LogP contribution in [-0.2, 0) is 13.1 Å². The lowest BCUT2D eigenvalue weighted by molar-refractivity contribution is 0.506. The first-order valence-electron chi connectivity index (χ1n) is 8.26. The maximum absolute atomic E-state index is 13.2. The minimum atomic E-state index is -0.887. The molecule has 142 valence electrons. The van der Waals surface area contributed by atoms with E-state index in [2.05, 4.69) is 40.9 Å². The molecule has 0 amide bonds. The standard InChI is InChI=1S/C17H14F2N8O/c18-11-3-1-9(5-12(11)19)6-20-8-13-22-17(26-23-13)16-15(24-27-25-16)10-2-4-14(28)21-7-10/h1-5,7,20H,6,8H2,(H,21,28)(H,22,23,26)(H,24,25,27). The molecule has 0 atom stereocenters. The van der Waals surface area contributed by atoms with E-state index >= 15 is 0 Å². The Balaban J connectivity index is 1.45. The highest BCUT2D eigenvalue weighted by molar-refractivity contribution is 5.73. The summed E-state index contributed by atoms with van der Waals surface area (Å²) in [5.41, 5.74) is 1.97. The lowest BCUT2D eigenvalue weighted by Crippen LogP contribution is -2.14. The van der Waals surface area contributed by atoms with Gasteiger partial charge in [-0.25, -0.2) is 13.8 Å². The highest BCUT2D eigenvalue weighted by atomic mass is 19.2. The van der Waals surface area contributed by atoms with Crippen LogP contribution in [0.1, 0.15) is 11.4 Å². The monoisotopic (exact) mass is 384 g/mol. The summed E-state index contributed by atoms with van der Waals surface area (Å²) in [6.07, 6.45) is 1.53. The molecule has 4 rings (SSSR count). The van der Waals surface area contributed by atoms with E-state index in [4.69, 9.17) is 0 Å². The van der Waals surface area contributed by atoms with Crippen molar-refractivity contribution in [3.63, 3.8) is 0 Å². The Morgan fingerprint density at radius 1 is 0.964 bits per heavy atom. The number of aromatic amines is 3. The maximum Gasteiger partial charge on any atom is 0.247 e. The van der Waals surface area contributed by atoms with Crippen LogP contribution < -0.4 is 10.9 Å². The molecule has 9 nitrogen and oxygen atoms in total. The van der Waals surface area contributed by atoms with Crippen LogP contribution in [0.2, 0.25) is 0 Å². The molecule has 28 heavy (non-hydrogen) atoms. The Bertz CT molecular complexity index is 1150. The van der Waals surface area contributed by atoms with Gasteiger partial charge in [-0.05, 0) is 23.8 Å². The van der Waals surface area contributed by atoms with Gasteiger partial charge < -0.3 is 10.3 Å². The number of aromatic nitrogens is 7. The second-order valence-electron chi connectivity index (χ2n) is 5.92. The molecule has 0 bridgehead atoms. The van der Waals surface area contributed by atoms with Gasteiger partial charge in [0.25, 0.3) is 0 Å². The molecule has 0 radical (unpaired) electrons. The third-order valence-electron chi connectivity index (χ3n) is 3.95. The van der Waals surface area contributed by atoms with Gasteiger partial charge in [-0.1, -0.05) is 6.07 Å². The van der Waals surface area contributed by atoms with Crippen molar-refractivity contribution in [3.05, 3.63) is 69.9 Å². The van der Waals surface area contributed by atoms with Crippen LogP contribution in [0.3, 0.4) is 0 Å². The molecule has 4 N–H and O–H groups in total. The fourth-order valence-electron chi connectivity index (χ4n) is 2.60. The number of H-pyrrole nitrogens is 3. The van der Waals surface area contributed by atoms with Crippen molar-refractivity contribution >= 4 is 0 Å². The molecule has 0 spiro atoms. The first-order valence-corrected chi connectivity index (χ1v) is 8.26. The number of hydrogen-bond donors (Lipinski definition) is 4. The average Bonchev–Trinajstić information content (AvgIpc) is 3.34. The topological polar surface area (TPSA) is 128 Å². The summed E-state index contributed by atoms with van der Waals surface area (Å²) in [6, 6.07) is 6.74. The maximum atomic E-state index is 13.2. The molecule has 0 aliphatic carbocycles. The van der Waals surface area contributed by atoms with Gasteiger partial charge in [0, 0.05) is 24.4 Å². The Morgan fingerprint density at radius 2 is 1.82 bits per heavy atom. The number of benzene rings is 1. The lowest BCUT2D eigenvalue weighted by Gasteiger charge is -2.03. The third kappa shape index (κ3) is 3.69. The second kappa shape index (κ2) is 7.48. The van der Waals surface area contributed by atoms with Crippen molar-refractivity contribution in [1.82, 2.24) is 40.9 Å². The highest BCUT2D eigenvalue weighted by Crippen LogP contribution is 2.24. The molecule has 0 saturated heterocycles. The van der Waals surface area contributed by atoms with Gasteiger partial charge in [-0.2, -0.15) is 20.5 Å². The molecule has 3 heterocycles. The molecule has 0 saturated carbocycles. The van der Waals surface area contributed by atoms with E-state index in [-0.39, 0.29) is 5.56 Å². The molecule has 0 fully saturated rings. The number of rotatable bonds is 6. The van der Waals surface area contributed by atoms with Gasteiger partial charge in [-0.15, -0.1) is 0 Å². The van der Waals surface area contributed by atoms with Crippen LogP contribution in [0, 0.1) is 11.6 Å². The minimum Gasteiger partial charge on any atom is -0.328 e. The zero-order valence-electron chi connectivity index (χ0n) is 14.3. The van der Waals surface area contributed by atoms with Gasteiger partial charge in [0.1, 0.15) is 11.5 Å². The molecule has 3 aromatic heterocycles. The van der Waals surface area contributed by atoms with Crippen molar-refractivity contribution in [3.8, 4) is 22.8 Å². The van der Waals surface area contributed by atoms with E-state index in [0.717, 1.165) is 12.1 Å². The van der Waals surface area contributed by atoms with Gasteiger partial charge in [-0.3, -0.25) is 9.89 Å². The lowest BCUT2D eigenvalue weighted by atomic mass is 10.1. The van der Waals surface area contributed by atoms with Crippen molar-refractivity contribution in [1.29, 1.82) is 0 Å². The molecule has 4 aromatic rings. The Morgan fingerprint density at radius 3 is 2.61 bits per heavy atom. The molecular weight excluding hydrogens is 370 g/mol. The van der Waals surface area contributed by atoms with Crippen LogP contribution in [0.25, 0.3) is 22.8 Å². The molecule has 0 aliphatic heterocycles. The second-order valence-corrected chi connectivity index (χ2v) is 5.92. The zero-order chi connectivity index (χ0) is 19.5. The van der Waals surface area contributed by atoms with E-state index in [9.17, 15) is 13.6 Å². The van der Waals surface area contributed by atoms with E-state index < -0.39 is 11.6 Å². The molecule has 0 aliphatic rings. The normalized spacial score (nSPS) is 11.1. The van der Waals surface area contributed by atoms with Crippen LogP contribution in [0.5, 0.6) is 0 Å². The quantitative estimate of drug-likeness (QED) is 0.399. The van der Waals surface area contributed by atoms with E-state index in [1.165, 1.54) is 18.3 Å². The van der Waals surface area contributed by atoms with Crippen LogP contribution in [-0.4, -0.2) is 35.6 Å². The van der Waals surface area contributed by atoms with Gasteiger partial charge in [0.05, 0.1) is 6.54 Å². The predicted molar refractivity (Wildman–Crippen MR) is 94.7 cm³/mol. The number of pyridine rings is 1. The fraction of sp³-hybridized carbons (Fsp3) is 0.118. The van der Waals surface area contributed by atoms with Crippen molar-refractivity contribution in [2.75, 3.05) is 0 Å². The summed E-state index contributed by atoms with van der Waals surface area (Å²) in [6.45, 7) is 0.664. The largest absolute Gasteiger partial charge is 0.328 e. The molecule has 1 aromatic carbocycles. The third-order valence-corrected chi connectivity index (χ3v) is 3.95. The Labute approximate surface area is 156 Å². The summed E-state index contributed by atoms with van der Waals surface area (Å²) in [5, 5.41) is 20.7. The van der Waals surface area contributed by atoms with Crippen molar-refractivity contribution < 1.29 is 8.78 Å². The average molecular weight is 384 g/mol. The zero-order valence-corrected chi connectivity index (χ0v) is 14.3. The minimum absolute atomic E-state index is 0.221. The van der Waals surface area contributed by atoms with Gasteiger partial charge >= 0.3 is 0 Å². The van der Waals surface area contributed by atoms with E-state index in [1.807, 2.05) is 0 Å². The van der Waals surface area contributed by atoms with E-state index in [0.29, 0.717) is 47.3 Å². The molecule has 0 unspecified atom stereocenters. The summed E-state index contributed by atoms with van der Waals surface area (Å²) in [5.74, 6) is -0.899. The smallest absolute Gasteiger partial charge is 0.247 e. The first kappa shape index (κ1) is 17.7. The summed E-state index contributed by atoms with van der Waals surface area (Å²) < 4.78 is 26.2. The summed E-state index contributed by atoms with van der Waals surface area (Å²) in [4.78, 5) is 18.2. The van der Waals surface area contributed by atoms with E-state index in [1.54, 1.807) is 6.07 Å². The number of nitrogens with one attached hydrogen (secondary N) is 4. The molecule has 11 heteroatoms. The predicted octanol–water partition coefficient (Wildman–Crippen LogP) is 1.51. The van der Waals surface area contributed by atoms with Crippen molar-refractivity contribution in [2.24, 2.45) is 0 Å². The SMILES string of the molecule is O=c1ccc(-c2n[nH]nc2-c2n[nH]c(CNCc3ccc(F)c(F)c3)n2)c[nH]1. The first-order chi connectivity index (χ1) is 13.6. The number of halogens is 2. The van der Waals surface area contributed by atoms with Crippen molar-refractivity contribution in [2.45, 2.75) is 13.1 Å². The van der Waals surface area contributed by atoms with Crippen LogP contribution in [0.15, 0.2) is 41.3 Å². The molecular formula is C17H14F2N8O. The Kier molecular flexibility index (Phi) is 4.72. The fourth-order valence-corrected chi connectivity index (χ4v) is 2.60. The van der Waals surface area contributed by atoms with Gasteiger partial charge in [0.15, 0.2) is 17.3 Å². The number of hydrogen-bond acceptors (Lipinski definition) is 6. The number of nitrogens with zero attached hydrogens (tertiary/aromatic N) is 4. The summed E-state index contributed by atoms with van der Waals surface area (Å²) in [7, 11) is 0. The Hall–Kier alpha value is -3.73. The van der Waals surface area contributed by atoms with Crippen LogP contribution >= 0.6 is 0 Å². The summed E-state index contributed by atoms with van der Waals surface area (Å²) >= 11 is 0.